The summed E-state index contributed by atoms with van der Waals surface area (Å²) in [5.41, 5.74) is 5.86. The molecule has 1 aromatic carbocycles. The van der Waals surface area contributed by atoms with Gasteiger partial charge in [-0.15, -0.1) is 21.2 Å². The van der Waals surface area contributed by atoms with Crippen LogP contribution in [0.2, 0.25) is 0 Å². The van der Waals surface area contributed by atoms with E-state index in [0.717, 1.165) is 0 Å². The van der Waals surface area contributed by atoms with Gasteiger partial charge < -0.3 is 20.5 Å². The maximum absolute atomic E-state index is 12.8. The summed E-state index contributed by atoms with van der Waals surface area (Å²) in [6, 6.07) is 3.35. The molecule has 1 aromatic rings. The Labute approximate surface area is 114 Å². The number of rotatable bonds is 3. The van der Waals surface area contributed by atoms with Gasteiger partial charge in [0.2, 0.25) is 5.91 Å². The molecular formula is C11H13ClF2N2O3. The molecule has 0 aliphatic carbocycles. The van der Waals surface area contributed by atoms with Crippen molar-refractivity contribution in [1.82, 2.24) is 0 Å². The maximum Gasteiger partial charge on any atom is 0.586 e. The number of nitrogens with one attached hydrogen (secondary N) is 1. The van der Waals surface area contributed by atoms with Crippen LogP contribution in [0.3, 0.4) is 0 Å². The fourth-order valence-electron chi connectivity index (χ4n) is 1.45. The van der Waals surface area contributed by atoms with Crippen molar-refractivity contribution in [3.8, 4) is 11.5 Å². The average molecular weight is 295 g/mol. The normalized spacial score (nSPS) is 16.4. The van der Waals surface area contributed by atoms with Crippen LogP contribution < -0.4 is 20.5 Å². The van der Waals surface area contributed by atoms with Crippen LogP contribution in [0.5, 0.6) is 11.5 Å². The summed E-state index contributed by atoms with van der Waals surface area (Å²) < 4.78 is 34.0. The molecule has 0 spiro atoms. The van der Waals surface area contributed by atoms with E-state index in [1.54, 1.807) is 6.92 Å². The van der Waals surface area contributed by atoms with Crippen molar-refractivity contribution in [3.63, 3.8) is 0 Å². The minimum Gasteiger partial charge on any atom is -0.395 e. The highest BCUT2D eigenvalue weighted by Crippen LogP contribution is 2.42. The van der Waals surface area contributed by atoms with Crippen LogP contribution in [0.1, 0.15) is 13.3 Å². The monoisotopic (exact) mass is 294 g/mol. The van der Waals surface area contributed by atoms with Crippen LogP contribution in [0, 0.1) is 0 Å². The van der Waals surface area contributed by atoms with Crippen molar-refractivity contribution < 1.29 is 23.0 Å². The third-order valence-corrected chi connectivity index (χ3v) is 2.45. The van der Waals surface area contributed by atoms with Gasteiger partial charge in [-0.3, -0.25) is 4.79 Å². The molecule has 0 radical (unpaired) electrons. The highest BCUT2D eigenvalue weighted by atomic mass is 35.5. The Balaban J connectivity index is 0.00000180. The number of carbonyl (C=O) groups excluding carboxylic acids is 1. The van der Waals surface area contributed by atoms with Crippen LogP contribution in [0.15, 0.2) is 18.2 Å². The third kappa shape index (κ3) is 3.45. The van der Waals surface area contributed by atoms with Gasteiger partial charge in [0, 0.05) is 11.8 Å². The van der Waals surface area contributed by atoms with Gasteiger partial charge in [0.15, 0.2) is 11.5 Å². The van der Waals surface area contributed by atoms with Gasteiger partial charge in [0.25, 0.3) is 0 Å². The molecule has 0 unspecified atom stereocenters. The van der Waals surface area contributed by atoms with Crippen molar-refractivity contribution in [2.75, 3.05) is 5.32 Å². The number of ether oxygens (including phenoxy) is 2. The van der Waals surface area contributed by atoms with E-state index in [4.69, 9.17) is 5.73 Å². The van der Waals surface area contributed by atoms with Gasteiger partial charge in [0.05, 0.1) is 6.04 Å². The average Bonchev–Trinajstić information content (AvgIpc) is 2.61. The van der Waals surface area contributed by atoms with Crippen molar-refractivity contribution in [2.24, 2.45) is 5.73 Å². The van der Waals surface area contributed by atoms with Crippen molar-refractivity contribution in [1.29, 1.82) is 0 Å². The molecule has 5 nitrogen and oxygen atoms in total. The van der Waals surface area contributed by atoms with Gasteiger partial charge in [-0.05, 0) is 18.6 Å². The van der Waals surface area contributed by atoms with E-state index in [0.29, 0.717) is 12.1 Å². The Bertz CT molecular complexity index is 485. The predicted octanol–water partition coefficient (Wildman–Crippen LogP) is 2.11. The number of fused-ring (bicyclic) bond motifs is 1. The second-order valence-electron chi connectivity index (χ2n) is 3.83. The quantitative estimate of drug-likeness (QED) is 0.895. The molecule has 1 amide bonds. The second-order valence-corrected chi connectivity index (χ2v) is 3.83. The molecule has 2 rings (SSSR count). The molecule has 1 aliphatic heterocycles. The van der Waals surface area contributed by atoms with Crippen molar-refractivity contribution in [2.45, 2.75) is 25.7 Å². The Morgan fingerprint density at radius 1 is 1.42 bits per heavy atom. The Morgan fingerprint density at radius 3 is 2.68 bits per heavy atom. The molecule has 0 bridgehead atoms. The van der Waals surface area contributed by atoms with E-state index in [2.05, 4.69) is 14.8 Å². The lowest BCUT2D eigenvalue weighted by Crippen LogP contribution is -2.34. The molecule has 8 heteroatoms. The number of nitrogens with two attached hydrogens (primary N) is 1. The summed E-state index contributed by atoms with van der Waals surface area (Å²) >= 11 is 0. The number of amides is 1. The minimum absolute atomic E-state index is 0. The van der Waals surface area contributed by atoms with Gasteiger partial charge in [0.1, 0.15) is 0 Å². The van der Waals surface area contributed by atoms with E-state index in [-0.39, 0.29) is 29.8 Å². The first-order valence-corrected chi connectivity index (χ1v) is 5.37. The first kappa shape index (κ1) is 15.5. The van der Waals surface area contributed by atoms with Gasteiger partial charge >= 0.3 is 6.29 Å². The van der Waals surface area contributed by atoms with Crippen LogP contribution in [-0.2, 0) is 4.79 Å². The zero-order valence-corrected chi connectivity index (χ0v) is 10.8. The largest absolute Gasteiger partial charge is 0.586 e. The van der Waals surface area contributed by atoms with Gasteiger partial charge in [-0.25, -0.2) is 0 Å². The zero-order valence-electron chi connectivity index (χ0n) is 9.98. The molecule has 3 N–H and O–H groups in total. The molecule has 1 aliphatic rings. The lowest BCUT2D eigenvalue weighted by atomic mass is 10.2. The lowest BCUT2D eigenvalue weighted by molar-refractivity contribution is -0.286. The fraction of sp³-hybridized carbons (Fsp3) is 0.364. The second kappa shape index (κ2) is 5.58. The molecule has 106 valence electrons. The number of benzene rings is 1. The third-order valence-electron chi connectivity index (χ3n) is 2.45. The minimum atomic E-state index is -3.66. The van der Waals surface area contributed by atoms with E-state index in [1.165, 1.54) is 18.2 Å². The molecular weight excluding hydrogens is 282 g/mol. The number of carbonyl (C=O) groups is 1. The van der Waals surface area contributed by atoms with Crippen LogP contribution in [-0.4, -0.2) is 18.2 Å². The number of anilines is 1. The Morgan fingerprint density at radius 2 is 2.05 bits per heavy atom. The van der Waals surface area contributed by atoms with Gasteiger partial charge in [-0.2, -0.15) is 0 Å². The molecule has 0 saturated heterocycles. The standard InChI is InChI=1S/C11H12F2N2O3.ClH/c1-2-7(14)10(16)15-6-3-4-8-9(5-6)18-11(12,13)17-8;/h3-5,7H,2,14H2,1H3,(H,15,16);1H/t7-;/m0./s1. The van der Waals surface area contributed by atoms with Gasteiger partial charge in [-0.1, -0.05) is 6.92 Å². The van der Waals surface area contributed by atoms with Crippen molar-refractivity contribution >= 4 is 24.0 Å². The summed E-state index contributed by atoms with van der Waals surface area (Å²) in [5, 5.41) is 2.51. The van der Waals surface area contributed by atoms with E-state index >= 15 is 0 Å². The summed E-state index contributed by atoms with van der Waals surface area (Å²) in [7, 11) is 0. The number of hydrogen-bond acceptors (Lipinski definition) is 4. The molecule has 0 fully saturated rings. The maximum atomic E-state index is 12.8. The van der Waals surface area contributed by atoms with E-state index in [9.17, 15) is 13.6 Å². The number of alkyl halides is 2. The lowest BCUT2D eigenvalue weighted by Gasteiger charge is -2.10. The van der Waals surface area contributed by atoms with Crippen LogP contribution >= 0.6 is 12.4 Å². The zero-order chi connectivity index (χ0) is 13.3. The Hall–Kier alpha value is -1.60. The smallest absolute Gasteiger partial charge is 0.395 e. The molecule has 1 heterocycles. The summed E-state index contributed by atoms with van der Waals surface area (Å²) in [6.07, 6.45) is -3.18. The Kier molecular flexibility index (Phi) is 4.54. The summed E-state index contributed by atoms with van der Waals surface area (Å²) in [5.74, 6) is -0.580. The SMILES string of the molecule is CC[C@H](N)C(=O)Nc1ccc2c(c1)OC(F)(F)O2.Cl. The summed E-state index contributed by atoms with van der Waals surface area (Å²) in [4.78, 5) is 11.5. The van der Waals surface area contributed by atoms with Crippen LogP contribution in [0.4, 0.5) is 14.5 Å². The number of halogens is 3. The van der Waals surface area contributed by atoms with E-state index in [1.807, 2.05) is 0 Å². The highest BCUT2D eigenvalue weighted by Gasteiger charge is 2.43. The van der Waals surface area contributed by atoms with Crippen molar-refractivity contribution in [3.05, 3.63) is 18.2 Å². The van der Waals surface area contributed by atoms with Crippen LogP contribution in [0.25, 0.3) is 0 Å². The highest BCUT2D eigenvalue weighted by molar-refractivity contribution is 5.94. The summed E-state index contributed by atoms with van der Waals surface area (Å²) in [6.45, 7) is 1.77. The first-order valence-electron chi connectivity index (χ1n) is 5.37. The predicted molar refractivity (Wildman–Crippen MR) is 66.8 cm³/mol. The molecule has 1 atom stereocenters. The molecule has 0 aromatic heterocycles. The molecule has 19 heavy (non-hydrogen) atoms. The first-order chi connectivity index (χ1) is 8.41. The molecule has 0 saturated carbocycles. The number of hydrogen-bond donors (Lipinski definition) is 2. The topological polar surface area (TPSA) is 73.6 Å². The fourth-order valence-corrected chi connectivity index (χ4v) is 1.45. The van der Waals surface area contributed by atoms with E-state index < -0.39 is 12.3 Å².